The lowest BCUT2D eigenvalue weighted by molar-refractivity contribution is -0.126. The molecular formula is C24H30N2O4. The minimum absolute atomic E-state index is 0.0450. The molecule has 0 aliphatic rings. The van der Waals surface area contributed by atoms with E-state index in [0.29, 0.717) is 11.3 Å². The van der Waals surface area contributed by atoms with E-state index < -0.39 is 18.1 Å². The molecule has 0 atom stereocenters. The lowest BCUT2D eigenvalue weighted by Crippen LogP contribution is -2.47. The summed E-state index contributed by atoms with van der Waals surface area (Å²) in [5, 5.41) is 5.62. The third-order valence-electron chi connectivity index (χ3n) is 4.22. The van der Waals surface area contributed by atoms with E-state index in [1.807, 2.05) is 19.9 Å². The molecule has 0 unspecified atom stereocenters. The van der Waals surface area contributed by atoms with Crippen LogP contribution in [0.5, 0.6) is 0 Å². The van der Waals surface area contributed by atoms with E-state index in [4.69, 9.17) is 4.74 Å². The molecule has 160 valence electrons. The van der Waals surface area contributed by atoms with Crippen molar-refractivity contribution in [2.45, 2.75) is 46.6 Å². The zero-order chi connectivity index (χ0) is 22.4. The van der Waals surface area contributed by atoms with Crippen LogP contribution in [0.4, 0.5) is 5.69 Å². The molecule has 6 nitrogen and oxygen atoms in total. The van der Waals surface area contributed by atoms with Crippen LogP contribution in [0.1, 0.15) is 61.8 Å². The van der Waals surface area contributed by atoms with E-state index >= 15 is 0 Å². The second-order valence-corrected chi connectivity index (χ2v) is 9.11. The Labute approximate surface area is 178 Å². The molecule has 0 aliphatic heterocycles. The molecule has 0 aliphatic carbocycles. The monoisotopic (exact) mass is 410 g/mol. The molecule has 0 saturated heterocycles. The molecule has 0 fully saturated rings. The number of carbonyl (C=O) groups excluding carboxylic acids is 3. The van der Waals surface area contributed by atoms with Crippen LogP contribution in [0.25, 0.3) is 0 Å². The van der Waals surface area contributed by atoms with E-state index in [9.17, 15) is 14.4 Å². The minimum Gasteiger partial charge on any atom is -0.452 e. The first kappa shape index (κ1) is 23.1. The van der Waals surface area contributed by atoms with Crippen molar-refractivity contribution < 1.29 is 19.1 Å². The van der Waals surface area contributed by atoms with Crippen molar-refractivity contribution in [3.8, 4) is 0 Å². The molecule has 0 bridgehead atoms. The van der Waals surface area contributed by atoms with Gasteiger partial charge in [0.05, 0.1) is 11.3 Å². The van der Waals surface area contributed by atoms with Crippen molar-refractivity contribution in [3.05, 3.63) is 65.7 Å². The van der Waals surface area contributed by atoms with Gasteiger partial charge in [-0.25, -0.2) is 4.79 Å². The van der Waals surface area contributed by atoms with Gasteiger partial charge in [0, 0.05) is 11.1 Å². The van der Waals surface area contributed by atoms with E-state index in [1.165, 1.54) is 0 Å². The number of nitrogens with one attached hydrogen (secondary N) is 2. The van der Waals surface area contributed by atoms with Crippen molar-refractivity contribution >= 4 is 23.5 Å². The molecule has 2 N–H and O–H groups in total. The van der Waals surface area contributed by atoms with Crippen LogP contribution in [-0.2, 0) is 9.53 Å². The summed E-state index contributed by atoms with van der Waals surface area (Å²) in [5.74, 6) is -1.39. The fourth-order valence-electron chi connectivity index (χ4n) is 3.55. The number of hydrogen-bond donors (Lipinski definition) is 2. The van der Waals surface area contributed by atoms with Crippen molar-refractivity contribution in [2.75, 3.05) is 11.9 Å². The van der Waals surface area contributed by atoms with Gasteiger partial charge in [0.15, 0.2) is 6.61 Å². The Hall–Kier alpha value is -3.15. The Kier molecular flexibility index (Phi) is 7.38. The Morgan fingerprint density at radius 3 is 2.10 bits per heavy atom. The second-order valence-electron chi connectivity index (χ2n) is 9.11. The molecule has 6 heteroatoms. The molecule has 30 heavy (non-hydrogen) atoms. The quantitative estimate of drug-likeness (QED) is 0.662. The van der Waals surface area contributed by atoms with Gasteiger partial charge in [0.25, 0.3) is 11.8 Å². The lowest BCUT2D eigenvalue weighted by atomic mass is 9.82. The highest BCUT2D eigenvalue weighted by Crippen LogP contribution is 2.26. The van der Waals surface area contributed by atoms with Gasteiger partial charge >= 0.3 is 5.97 Å². The van der Waals surface area contributed by atoms with Crippen LogP contribution in [0, 0.1) is 5.41 Å². The third-order valence-corrected chi connectivity index (χ3v) is 4.22. The van der Waals surface area contributed by atoms with Crippen LogP contribution in [0.2, 0.25) is 0 Å². The molecule has 2 rings (SSSR count). The minimum atomic E-state index is -0.678. The van der Waals surface area contributed by atoms with Crippen LogP contribution in [-0.4, -0.2) is 29.9 Å². The van der Waals surface area contributed by atoms with Crippen molar-refractivity contribution in [2.24, 2.45) is 5.41 Å². The maximum atomic E-state index is 12.5. The Morgan fingerprint density at radius 1 is 0.867 bits per heavy atom. The van der Waals surface area contributed by atoms with Gasteiger partial charge < -0.3 is 15.4 Å². The van der Waals surface area contributed by atoms with E-state index in [-0.39, 0.29) is 22.8 Å². The first-order valence-electron chi connectivity index (χ1n) is 9.90. The Balaban J connectivity index is 1.99. The number of para-hydroxylation sites is 1. The molecule has 0 heterocycles. The number of rotatable bonds is 7. The number of amides is 2. The molecule has 2 aromatic rings. The summed E-state index contributed by atoms with van der Waals surface area (Å²) in [4.78, 5) is 37.2. The third kappa shape index (κ3) is 7.35. The first-order valence-corrected chi connectivity index (χ1v) is 9.90. The van der Waals surface area contributed by atoms with Crippen LogP contribution in [0.15, 0.2) is 54.6 Å². The van der Waals surface area contributed by atoms with E-state index in [1.54, 1.807) is 48.5 Å². The number of anilines is 1. The number of esters is 1. The molecule has 2 amide bonds. The average molecular weight is 411 g/mol. The number of ether oxygens (including phenoxy) is 1. The predicted molar refractivity (Wildman–Crippen MR) is 117 cm³/mol. The Bertz CT molecular complexity index is 899. The predicted octanol–water partition coefficient (Wildman–Crippen LogP) is 4.43. The van der Waals surface area contributed by atoms with Gasteiger partial charge in [-0.2, -0.15) is 0 Å². The van der Waals surface area contributed by atoms with Crippen molar-refractivity contribution in [3.63, 3.8) is 0 Å². The summed E-state index contributed by atoms with van der Waals surface area (Å²) in [6, 6.07) is 15.2. The summed E-state index contributed by atoms with van der Waals surface area (Å²) < 4.78 is 5.19. The highest BCUT2D eigenvalue weighted by atomic mass is 16.5. The highest BCUT2D eigenvalue weighted by Gasteiger charge is 2.27. The molecule has 2 aromatic carbocycles. The number of benzene rings is 2. The fraction of sp³-hybridized carbons (Fsp3) is 0.375. The van der Waals surface area contributed by atoms with E-state index in [0.717, 1.165) is 6.42 Å². The number of hydrogen-bond acceptors (Lipinski definition) is 4. The summed E-state index contributed by atoms with van der Waals surface area (Å²) in [5.41, 5.74) is 0.599. The summed E-state index contributed by atoms with van der Waals surface area (Å²) in [6.07, 6.45) is 0.772. The maximum absolute atomic E-state index is 12.5. The number of carbonyl (C=O) groups is 3. The fourth-order valence-corrected chi connectivity index (χ4v) is 3.55. The highest BCUT2D eigenvalue weighted by molar-refractivity contribution is 6.08. The molecule has 0 spiro atoms. The summed E-state index contributed by atoms with van der Waals surface area (Å²) >= 11 is 0. The Morgan fingerprint density at radius 2 is 1.47 bits per heavy atom. The maximum Gasteiger partial charge on any atom is 0.340 e. The summed E-state index contributed by atoms with van der Waals surface area (Å²) in [7, 11) is 0. The molecular weight excluding hydrogens is 380 g/mol. The van der Waals surface area contributed by atoms with Gasteiger partial charge in [-0.15, -0.1) is 0 Å². The van der Waals surface area contributed by atoms with Crippen LogP contribution >= 0.6 is 0 Å². The first-order chi connectivity index (χ1) is 14.0. The smallest absolute Gasteiger partial charge is 0.340 e. The zero-order valence-corrected chi connectivity index (χ0v) is 18.2. The van der Waals surface area contributed by atoms with Crippen molar-refractivity contribution in [1.29, 1.82) is 0 Å². The lowest BCUT2D eigenvalue weighted by Gasteiger charge is -2.33. The standard InChI is InChI=1S/C24H30N2O4/c1-23(2,3)16-24(4,5)26-20(27)15-30-22(29)18-13-9-10-14-19(18)25-21(28)17-11-7-6-8-12-17/h6-14H,15-16H2,1-5H3,(H,25,28)(H,26,27). The topological polar surface area (TPSA) is 84.5 Å². The molecule has 0 radical (unpaired) electrons. The largest absolute Gasteiger partial charge is 0.452 e. The normalized spacial score (nSPS) is 11.5. The SMILES string of the molecule is CC(C)(C)CC(C)(C)NC(=O)COC(=O)c1ccccc1NC(=O)c1ccccc1. The van der Waals surface area contributed by atoms with Gasteiger partial charge in [-0.1, -0.05) is 51.1 Å². The molecule has 0 saturated carbocycles. The summed E-state index contributed by atoms with van der Waals surface area (Å²) in [6.45, 7) is 9.77. The van der Waals surface area contributed by atoms with Gasteiger partial charge in [0.2, 0.25) is 0 Å². The van der Waals surface area contributed by atoms with Crippen LogP contribution < -0.4 is 10.6 Å². The van der Waals surface area contributed by atoms with Gasteiger partial charge in [0.1, 0.15) is 0 Å². The van der Waals surface area contributed by atoms with Crippen molar-refractivity contribution in [1.82, 2.24) is 5.32 Å². The van der Waals surface area contributed by atoms with Crippen LogP contribution in [0.3, 0.4) is 0 Å². The molecule has 0 aromatic heterocycles. The van der Waals surface area contributed by atoms with E-state index in [2.05, 4.69) is 31.4 Å². The average Bonchev–Trinajstić information content (AvgIpc) is 2.65. The zero-order valence-electron chi connectivity index (χ0n) is 18.2. The van der Waals surface area contributed by atoms with Gasteiger partial charge in [-0.05, 0) is 49.9 Å². The van der Waals surface area contributed by atoms with Gasteiger partial charge in [-0.3, -0.25) is 9.59 Å². The second kappa shape index (κ2) is 9.57.